The highest BCUT2D eigenvalue weighted by Gasteiger charge is 2.36. The van der Waals surface area contributed by atoms with E-state index in [9.17, 15) is 13.6 Å². The number of hydrogen-bond acceptors (Lipinski definition) is 7. The van der Waals surface area contributed by atoms with Crippen molar-refractivity contribution in [1.29, 1.82) is 0 Å². The van der Waals surface area contributed by atoms with E-state index in [1.165, 1.54) is 6.07 Å². The number of carbonyl (C=O) groups is 1. The van der Waals surface area contributed by atoms with Gasteiger partial charge < -0.3 is 20.5 Å². The molecule has 0 unspecified atom stereocenters. The Morgan fingerprint density at radius 1 is 1.13 bits per heavy atom. The first-order chi connectivity index (χ1) is 18.7. The van der Waals surface area contributed by atoms with Gasteiger partial charge in [0.25, 0.3) is 0 Å². The second-order valence-corrected chi connectivity index (χ2v) is 10.7. The predicted octanol–water partition coefficient (Wildman–Crippen LogP) is 4.42. The van der Waals surface area contributed by atoms with E-state index >= 15 is 0 Å². The summed E-state index contributed by atoms with van der Waals surface area (Å²) in [7, 11) is 0. The fraction of sp³-hybridized carbons (Fsp3) is 0.393. The molecule has 1 aromatic carbocycles. The Morgan fingerprint density at radius 2 is 1.92 bits per heavy atom. The molecule has 9 nitrogen and oxygen atoms in total. The third-order valence-corrected chi connectivity index (χ3v) is 7.58. The summed E-state index contributed by atoms with van der Waals surface area (Å²) in [6, 6.07) is 6.85. The molecule has 4 aromatic rings. The SMILES string of the molecule is Cc1nc2c(F)cc(-c3nc(Nc4ccc5c(n4)CCN(C(=O)C4CC(N)C4)C5)ncc3F)cc2n1C(C)C. The van der Waals surface area contributed by atoms with Crippen LogP contribution in [-0.2, 0) is 17.8 Å². The van der Waals surface area contributed by atoms with Crippen LogP contribution in [0.3, 0.4) is 0 Å². The Labute approximate surface area is 224 Å². The Kier molecular flexibility index (Phi) is 6.25. The molecule has 1 amide bonds. The maximum atomic E-state index is 15.0. The zero-order valence-electron chi connectivity index (χ0n) is 22.1. The van der Waals surface area contributed by atoms with Gasteiger partial charge in [0.2, 0.25) is 11.9 Å². The van der Waals surface area contributed by atoms with E-state index in [1.54, 1.807) is 12.1 Å². The first-order valence-electron chi connectivity index (χ1n) is 13.2. The molecule has 1 fully saturated rings. The summed E-state index contributed by atoms with van der Waals surface area (Å²) < 4.78 is 31.8. The average molecular weight is 533 g/mol. The molecule has 2 aliphatic rings. The third-order valence-electron chi connectivity index (χ3n) is 7.58. The molecule has 6 rings (SSSR count). The molecule has 0 spiro atoms. The van der Waals surface area contributed by atoms with Gasteiger partial charge in [-0.25, -0.2) is 28.7 Å². The molecule has 0 atom stereocenters. The number of fused-ring (bicyclic) bond motifs is 2. The summed E-state index contributed by atoms with van der Waals surface area (Å²) in [5.41, 5.74) is 8.82. The van der Waals surface area contributed by atoms with Gasteiger partial charge in [-0.1, -0.05) is 6.07 Å². The van der Waals surface area contributed by atoms with Crippen LogP contribution in [0.2, 0.25) is 0 Å². The quantitative estimate of drug-likeness (QED) is 0.391. The summed E-state index contributed by atoms with van der Waals surface area (Å²) in [6.07, 6.45) is 3.20. The van der Waals surface area contributed by atoms with E-state index in [1.807, 2.05) is 36.3 Å². The summed E-state index contributed by atoms with van der Waals surface area (Å²) in [6.45, 7) is 6.91. The minimum atomic E-state index is -0.665. The van der Waals surface area contributed by atoms with Crippen molar-refractivity contribution in [2.24, 2.45) is 11.7 Å². The fourth-order valence-electron chi connectivity index (χ4n) is 5.60. The van der Waals surface area contributed by atoms with Gasteiger partial charge in [-0.2, -0.15) is 0 Å². The molecular formula is C28H30F2N8O. The number of rotatable bonds is 5. The molecule has 3 aromatic heterocycles. The zero-order valence-corrected chi connectivity index (χ0v) is 22.1. The van der Waals surface area contributed by atoms with E-state index in [-0.39, 0.29) is 41.1 Å². The summed E-state index contributed by atoms with van der Waals surface area (Å²) in [5.74, 6) is 0.319. The van der Waals surface area contributed by atoms with E-state index in [4.69, 9.17) is 10.7 Å². The number of nitrogens with two attached hydrogens (primary N) is 1. The fourth-order valence-corrected chi connectivity index (χ4v) is 5.60. The number of aryl methyl sites for hydroxylation is 1. The number of nitrogens with one attached hydrogen (secondary N) is 1. The Bertz CT molecular complexity index is 1590. The lowest BCUT2D eigenvalue weighted by molar-refractivity contribution is -0.139. The lowest BCUT2D eigenvalue weighted by atomic mass is 9.79. The van der Waals surface area contributed by atoms with Gasteiger partial charge in [0.1, 0.15) is 22.9 Å². The second kappa shape index (κ2) is 9.64. The molecule has 11 heteroatoms. The molecule has 0 radical (unpaired) electrons. The number of imidazole rings is 1. The van der Waals surface area contributed by atoms with Crippen LogP contribution in [0.5, 0.6) is 0 Å². The van der Waals surface area contributed by atoms with Crippen LogP contribution in [0.25, 0.3) is 22.3 Å². The van der Waals surface area contributed by atoms with Crippen LogP contribution in [0, 0.1) is 24.5 Å². The van der Waals surface area contributed by atoms with Crippen molar-refractivity contribution < 1.29 is 13.6 Å². The number of amides is 1. The highest BCUT2D eigenvalue weighted by molar-refractivity contribution is 5.83. The predicted molar refractivity (Wildman–Crippen MR) is 143 cm³/mol. The van der Waals surface area contributed by atoms with E-state index in [0.717, 1.165) is 30.3 Å². The molecule has 1 aliphatic heterocycles. The van der Waals surface area contributed by atoms with Gasteiger partial charge in [0.15, 0.2) is 11.6 Å². The number of carbonyl (C=O) groups excluding carboxylic acids is 1. The first-order valence-corrected chi connectivity index (χ1v) is 13.2. The molecule has 39 heavy (non-hydrogen) atoms. The largest absolute Gasteiger partial charge is 0.338 e. The highest BCUT2D eigenvalue weighted by Crippen LogP contribution is 2.32. The maximum absolute atomic E-state index is 15.0. The van der Waals surface area contributed by atoms with E-state index in [2.05, 4.69) is 20.3 Å². The van der Waals surface area contributed by atoms with Crippen molar-refractivity contribution in [3.63, 3.8) is 0 Å². The lowest BCUT2D eigenvalue weighted by Gasteiger charge is -2.37. The smallest absolute Gasteiger partial charge is 0.229 e. The second-order valence-electron chi connectivity index (χ2n) is 10.7. The Balaban J connectivity index is 1.24. The standard InChI is InChI=1S/C28H30F2N8O/c1-14(2)38-15(3)33-26-20(29)10-17(11-23(26)38)25-21(30)12-32-28(36-25)35-24-5-4-16-13-37(7-6-22(16)34-24)27(39)18-8-19(31)9-18/h4-5,10-12,14,18-19H,6-9,13,31H2,1-3H3,(H,32,34,35,36). The number of pyridine rings is 1. The van der Waals surface area contributed by atoms with Gasteiger partial charge in [-0.3, -0.25) is 4.79 Å². The molecule has 202 valence electrons. The number of hydrogen-bond donors (Lipinski definition) is 2. The lowest BCUT2D eigenvalue weighted by Crippen LogP contribution is -2.48. The molecule has 0 bridgehead atoms. The number of nitrogens with zero attached hydrogens (tertiary/aromatic N) is 6. The topological polar surface area (TPSA) is 115 Å². The summed E-state index contributed by atoms with van der Waals surface area (Å²) >= 11 is 0. The number of anilines is 2. The third kappa shape index (κ3) is 4.60. The van der Waals surface area contributed by atoms with Crippen molar-refractivity contribution in [3.05, 3.63) is 59.2 Å². The van der Waals surface area contributed by atoms with Crippen LogP contribution >= 0.6 is 0 Å². The van der Waals surface area contributed by atoms with Crippen LogP contribution in [0.4, 0.5) is 20.5 Å². The van der Waals surface area contributed by atoms with Gasteiger partial charge in [-0.15, -0.1) is 0 Å². The van der Waals surface area contributed by atoms with Crippen LogP contribution in [-0.4, -0.2) is 47.9 Å². The van der Waals surface area contributed by atoms with Gasteiger partial charge in [-0.05, 0) is 57.4 Å². The molecule has 0 saturated heterocycles. The van der Waals surface area contributed by atoms with E-state index < -0.39 is 11.6 Å². The molecular weight excluding hydrogens is 502 g/mol. The molecule has 1 saturated carbocycles. The zero-order chi connectivity index (χ0) is 27.4. The maximum Gasteiger partial charge on any atom is 0.229 e. The van der Waals surface area contributed by atoms with Crippen LogP contribution < -0.4 is 11.1 Å². The summed E-state index contributed by atoms with van der Waals surface area (Å²) in [5, 5.41) is 3.05. The highest BCUT2D eigenvalue weighted by atomic mass is 19.1. The normalized spacial score (nSPS) is 18.8. The van der Waals surface area contributed by atoms with Crippen LogP contribution in [0.15, 0.2) is 30.5 Å². The minimum absolute atomic E-state index is 0.0229. The molecule has 1 aliphatic carbocycles. The first kappa shape index (κ1) is 25.3. The average Bonchev–Trinajstić information content (AvgIpc) is 3.23. The van der Waals surface area contributed by atoms with Gasteiger partial charge in [0, 0.05) is 48.8 Å². The minimum Gasteiger partial charge on any atom is -0.338 e. The number of aromatic nitrogens is 5. The van der Waals surface area contributed by atoms with Crippen molar-refractivity contribution in [2.75, 3.05) is 11.9 Å². The Hall–Kier alpha value is -3.99. The van der Waals surface area contributed by atoms with E-state index in [0.29, 0.717) is 42.2 Å². The Morgan fingerprint density at radius 3 is 2.67 bits per heavy atom. The van der Waals surface area contributed by atoms with Crippen LogP contribution in [0.1, 0.15) is 49.8 Å². The van der Waals surface area contributed by atoms with Crippen molar-refractivity contribution in [3.8, 4) is 11.3 Å². The van der Waals surface area contributed by atoms with Crippen molar-refractivity contribution >= 4 is 28.7 Å². The van der Waals surface area contributed by atoms with Crippen molar-refractivity contribution in [1.82, 2.24) is 29.4 Å². The van der Waals surface area contributed by atoms with Crippen molar-refractivity contribution in [2.45, 2.75) is 58.7 Å². The number of benzene rings is 1. The summed E-state index contributed by atoms with van der Waals surface area (Å²) in [4.78, 5) is 32.1. The van der Waals surface area contributed by atoms with Gasteiger partial charge in [0.05, 0.1) is 11.7 Å². The molecule has 3 N–H and O–H groups in total. The van der Waals surface area contributed by atoms with Gasteiger partial charge >= 0.3 is 0 Å². The number of halogens is 2. The molecule has 4 heterocycles. The monoisotopic (exact) mass is 532 g/mol.